The van der Waals surface area contributed by atoms with Gasteiger partial charge >= 0.3 is 11.9 Å². The number of ether oxygens (including phenoxy) is 2. The van der Waals surface area contributed by atoms with Gasteiger partial charge in [-0.3, -0.25) is 52.8 Å². The molecular weight excluding hydrogens is 1020 g/mol. The molecule has 4 aromatic rings. The predicted octanol–water partition coefficient (Wildman–Crippen LogP) is -1.85. The van der Waals surface area contributed by atoms with Gasteiger partial charge in [-0.1, -0.05) is 37.3 Å². The fourth-order valence-corrected chi connectivity index (χ4v) is 9.70. The van der Waals surface area contributed by atoms with Crippen molar-refractivity contribution in [3.05, 3.63) is 110 Å². The molecule has 8 amide bonds. The molecular formula is C52H55FN10O15. The number of esters is 1. The van der Waals surface area contributed by atoms with Crippen LogP contribution in [0.1, 0.15) is 77.1 Å². The Morgan fingerprint density at radius 2 is 1.60 bits per heavy atom. The topological polar surface area (TPSA) is 352 Å². The van der Waals surface area contributed by atoms with E-state index in [4.69, 9.17) is 25.0 Å². The first kappa shape index (κ1) is 50.1. The number of carbonyl (C=O) groups excluding carboxylic acids is 9. The van der Waals surface area contributed by atoms with Gasteiger partial charge in [0.1, 0.15) is 37.3 Å². The highest BCUT2D eigenvalue weighted by Gasteiger charge is 2.46. The second-order valence-corrected chi connectivity index (χ2v) is 18.5. The lowest BCUT2D eigenvalue weighted by atomic mass is 9.81. The van der Waals surface area contributed by atoms with Crippen LogP contribution in [0.5, 0.6) is 0 Å². The summed E-state index contributed by atoms with van der Waals surface area (Å²) in [6.45, 7) is -5.41. The lowest BCUT2D eigenvalue weighted by Crippen LogP contribution is -2.56. The number of carboxylic acid groups (broad SMARTS) is 1. The third-order valence-corrected chi connectivity index (χ3v) is 13.7. The van der Waals surface area contributed by atoms with E-state index in [2.05, 4.69) is 37.2 Å². The molecule has 0 radical (unpaired) electrons. The summed E-state index contributed by atoms with van der Waals surface area (Å²) in [4.78, 5) is 147. The molecule has 26 heteroatoms. The van der Waals surface area contributed by atoms with Crippen molar-refractivity contribution in [2.75, 3.05) is 39.5 Å². The quantitative estimate of drug-likeness (QED) is 0.0209. The molecule has 0 spiro atoms. The number of fused-ring (bicyclic) bond motifs is 5. The third-order valence-electron chi connectivity index (χ3n) is 13.7. The Hall–Kier alpha value is -8.75. The number of benzene rings is 2. The van der Waals surface area contributed by atoms with Crippen LogP contribution in [0.2, 0.25) is 0 Å². The number of hydrogen-bond acceptors (Lipinski definition) is 16. The maximum absolute atomic E-state index is 15.5. The minimum Gasteiger partial charge on any atom is -0.480 e. The second-order valence-electron chi connectivity index (χ2n) is 18.5. The molecule has 0 saturated heterocycles. The number of aromatic nitrogens is 2. The zero-order valence-corrected chi connectivity index (χ0v) is 41.8. The highest BCUT2D eigenvalue weighted by molar-refractivity contribution is 6.15. The Morgan fingerprint density at radius 1 is 0.910 bits per heavy atom. The van der Waals surface area contributed by atoms with Crippen LogP contribution in [0.25, 0.3) is 22.3 Å². The third kappa shape index (κ3) is 11.5. The van der Waals surface area contributed by atoms with E-state index in [1.807, 2.05) is 0 Å². The number of aryl methyl sites for hydroxylation is 1. The normalized spacial score (nSPS) is 19.3. The van der Waals surface area contributed by atoms with Crippen LogP contribution >= 0.6 is 0 Å². The van der Waals surface area contributed by atoms with Gasteiger partial charge in [0.2, 0.25) is 35.4 Å². The SMILES string of the molecule is [2H]C([2H])([2H])C([2H])(OCNC(=O)CNC(=O)[C@H](Cc1ccccc1)NC(=O)CNC(=O)CNC(=O)C(CNCC(=O)O)N1C(=O)C=CC1=O)C(=O)N[C@H]1CCc2c(C)c(F)cc3nc4c(c1c23)Cn1c-4cc2c(c1=O)COC(=O)[C@]2(O)CC. The average molecular weight is 1080 g/mol. The summed E-state index contributed by atoms with van der Waals surface area (Å²) in [6.07, 6.45) is -1.63. The van der Waals surface area contributed by atoms with Crippen LogP contribution in [-0.4, -0.2) is 141 Å². The van der Waals surface area contributed by atoms with Crippen LogP contribution < -0.4 is 42.8 Å². The van der Waals surface area contributed by atoms with Crippen LogP contribution in [0, 0.1) is 12.7 Å². The Balaban J connectivity index is 0.899. The molecule has 410 valence electrons. The number of aliphatic carboxylic acids is 1. The van der Waals surface area contributed by atoms with Crippen LogP contribution in [0.3, 0.4) is 0 Å². The fourth-order valence-electron chi connectivity index (χ4n) is 9.70. The Kier molecular flexibility index (Phi) is 14.9. The number of cyclic esters (lactones) is 1. The summed E-state index contributed by atoms with van der Waals surface area (Å²) < 4.78 is 61.0. The van der Waals surface area contributed by atoms with E-state index >= 15 is 4.39 Å². The number of amides is 8. The van der Waals surface area contributed by atoms with Gasteiger partial charge in [-0.2, -0.15) is 0 Å². The van der Waals surface area contributed by atoms with Gasteiger partial charge in [0.05, 0.1) is 62.6 Å². The molecule has 78 heavy (non-hydrogen) atoms. The first-order chi connectivity index (χ1) is 38.8. The predicted molar refractivity (Wildman–Crippen MR) is 268 cm³/mol. The van der Waals surface area contributed by atoms with Gasteiger partial charge in [-0.05, 0) is 61.4 Å². The van der Waals surface area contributed by atoms with E-state index in [0.717, 1.165) is 12.2 Å². The van der Waals surface area contributed by atoms with Gasteiger partial charge in [-0.25, -0.2) is 14.2 Å². The number of carbonyl (C=O) groups is 10. The summed E-state index contributed by atoms with van der Waals surface area (Å²) in [5.41, 5.74) is -0.0955. The monoisotopic (exact) mass is 1080 g/mol. The molecule has 9 N–H and O–H groups in total. The summed E-state index contributed by atoms with van der Waals surface area (Å²) in [7, 11) is 0. The smallest absolute Gasteiger partial charge is 0.343 e. The molecule has 0 bridgehead atoms. The van der Waals surface area contributed by atoms with E-state index in [1.54, 1.807) is 37.3 Å². The maximum Gasteiger partial charge on any atom is 0.343 e. The molecule has 4 aliphatic rings. The number of imide groups is 1. The summed E-state index contributed by atoms with van der Waals surface area (Å²) in [5.74, 6) is -10.7. The fraction of sp³-hybridized carbons (Fsp3) is 0.385. The van der Waals surface area contributed by atoms with E-state index in [0.29, 0.717) is 32.5 Å². The van der Waals surface area contributed by atoms with Gasteiger partial charge in [0, 0.05) is 51.8 Å². The molecule has 8 rings (SSSR count). The highest BCUT2D eigenvalue weighted by atomic mass is 19.1. The average Bonchev–Trinajstić information content (AvgIpc) is 1.84. The molecule has 0 saturated carbocycles. The van der Waals surface area contributed by atoms with Crippen molar-refractivity contribution >= 4 is 70.1 Å². The van der Waals surface area contributed by atoms with Gasteiger partial charge < -0.3 is 61.5 Å². The molecule has 0 fully saturated rings. The van der Waals surface area contributed by atoms with Crippen LogP contribution in [0.15, 0.2) is 59.4 Å². The molecule has 5 heterocycles. The first-order valence-corrected chi connectivity index (χ1v) is 24.4. The number of rotatable bonds is 22. The van der Waals surface area contributed by atoms with Crippen molar-refractivity contribution in [2.24, 2.45) is 0 Å². The van der Waals surface area contributed by atoms with E-state index in [9.17, 15) is 57.8 Å². The van der Waals surface area contributed by atoms with E-state index in [1.165, 1.54) is 23.6 Å². The van der Waals surface area contributed by atoms with E-state index < -0.39 is 153 Å². The summed E-state index contributed by atoms with van der Waals surface area (Å²) in [6, 6.07) is 6.91. The minimum atomic E-state index is -3.51. The highest BCUT2D eigenvalue weighted by Crippen LogP contribution is 2.46. The number of hydrogen-bond donors (Lipinski definition) is 9. The zero-order chi connectivity index (χ0) is 59.6. The molecule has 3 aliphatic heterocycles. The lowest BCUT2D eigenvalue weighted by Gasteiger charge is -2.31. The molecule has 2 unspecified atom stereocenters. The number of nitrogens with one attached hydrogen (secondary N) is 7. The first-order valence-electron chi connectivity index (χ1n) is 26.4. The standard InChI is InChI=1S/C52H55FN10O15/c1-4-52(76)31-15-36-46-29(22-62(36)50(74)30(31)23-77-51(52)75)45-33(11-10-28-25(2)32(53)16-34(60-46)44(28)45)61-47(71)26(3)78-24-58-39(65)19-56-48(72)35(14-27-8-6-5-7-9-27)59-40(66)20-55-38(64)18-57-49(73)37(17-54-21-43(69)70)63-41(67)12-13-42(63)68/h5-9,12-13,15-16,26,33,35,37,54,76H,4,10-11,14,17-24H2,1-3H3,(H,55,64)(H,56,72)(H,57,73)(H,58,65)(H,59,66)(H,61,71)(H,69,70)/t26?,33-,35-,37?,52-/m0/s1/i3D3,26D. The van der Waals surface area contributed by atoms with Crippen molar-refractivity contribution in [2.45, 2.75) is 89.3 Å². The van der Waals surface area contributed by atoms with E-state index in [-0.39, 0.29) is 65.8 Å². The molecule has 1 aliphatic carbocycles. The number of halogens is 1. The number of pyridine rings is 2. The summed E-state index contributed by atoms with van der Waals surface area (Å²) in [5, 5.41) is 37.2. The molecule has 2 aromatic carbocycles. The second kappa shape index (κ2) is 23.2. The Labute approximate surface area is 448 Å². The largest absolute Gasteiger partial charge is 0.480 e. The van der Waals surface area contributed by atoms with Crippen molar-refractivity contribution in [3.63, 3.8) is 0 Å². The number of nitrogens with zero attached hydrogens (tertiary/aromatic N) is 3. The van der Waals surface area contributed by atoms with Crippen molar-refractivity contribution < 1.29 is 77.5 Å². The summed E-state index contributed by atoms with van der Waals surface area (Å²) >= 11 is 0. The molecule has 5 atom stereocenters. The maximum atomic E-state index is 15.5. The number of carboxylic acids is 1. The minimum absolute atomic E-state index is 0.0213. The molecule has 2 aromatic heterocycles. The van der Waals surface area contributed by atoms with Gasteiger partial charge in [0.15, 0.2) is 5.60 Å². The number of aliphatic hydroxyl groups is 1. The van der Waals surface area contributed by atoms with Crippen molar-refractivity contribution in [1.29, 1.82) is 0 Å². The van der Waals surface area contributed by atoms with Crippen molar-refractivity contribution in [3.8, 4) is 11.4 Å². The Morgan fingerprint density at radius 3 is 2.29 bits per heavy atom. The van der Waals surface area contributed by atoms with Crippen molar-refractivity contribution in [1.82, 2.24) is 51.7 Å². The Bertz CT molecular complexity index is 3440. The van der Waals surface area contributed by atoms with Gasteiger partial charge in [-0.15, -0.1) is 0 Å². The molecule has 25 nitrogen and oxygen atoms in total. The van der Waals surface area contributed by atoms with Crippen LogP contribution in [0.4, 0.5) is 4.39 Å². The van der Waals surface area contributed by atoms with Crippen LogP contribution in [-0.2, 0) is 89.0 Å². The lowest BCUT2D eigenvalue weighted by molar-refractivity contribution is -0.172. The zero-order valence-electron chi connectivity index (χ0n) is 45.8. The van der Waals surface area contributed by atoms with Gasteiger partial charge in [0.25, 0.3) is 17.4 Å².